The predicted octanol–water partition coefficient (Wildman–Crippen LogP) is 2.08. The highest BCUT2D eigenvalue weighted by Gasteiger charge is 2.24. The Morgan fingerprint density at radius 1 is 1.30 bits per heavy atom. The van der Waals surface area contributed by atoms with E-state index in [1.165, 1.54) is 0 Å². The molecule has 1 atom stereocenters. The molecule has 0 aromatic heterocycles. The lowest BCUT2D eigenvalue weighted by atomic mass is 10.1. The standard InChI is InChI=1S/C13H15ClN2O3.ClH/c14-9-5-11-12(19-4-3-18-11)6-10(9)16-13(17)8-1-2-15-7-8;/h5-6,8,15H,1-4,7H2,(H,16,17);1H. The molecular weight excluding hydrogens is 303 g/mol. The molecule has 1 unspecified atom stereocenters. The number of amides is 1. The van der Waals surface area contributed by atoms with E-state index in [9.17, 15) is 4.79 Å². The number of hydrogen-bond donors (Lipinski definition) is 2. The molecular formula is C13H16Cl2N2O3. The van der Waals surface area contributed by atoms with Crippen molar-refractivity contribution in [3.8, 4) is 11.5 Å². The van der Waals surface area contributed by atoms with E-state index in [4.69, 9.17) is 21.1 Å². The number of hydrogen-bond acceptors (Lipinski definition) is 4. The molecule has 0 spiro atoms. The molecule has 1 amide bonds. The predicted molar refractivity (Wildman–Crippen MR) is 79.3 cm³/mol. The molecule has 2 heterocycles. The normalized spacial score (nSPS) is 20.1. The number of anilines is 1. The van der Waals surface area contributed by atoms with Crippen LogP contribution in [0.15, 0.2) is 12.1 Å². The molecule has 20 heavy (non-hydrogen) atoms. The minimum atomic E-state index is -0.0106. The van der Waals surface area contributed by atoms with Crippen LogP contribution in [0.2, 0.25) is 5.02 Å². The van der Waals surface area contributed by atoms with Crippen LogP contribution >= 0.6 is 24.0 Å². The van der Waals surface area contributed by atoms with E-state index >= 15 is 0 Å². The number of rotatable bonds is 2. The van der Waals surface area contributed by atoms with Crippen LogP contribution in [0.3, 0.4) is 0 Å². The zero-order valence-electron chi connectivity index (χ0n) is 10.8. The molecule has 0 bridgehead atoms. The third-order valence-electron chi connectivity index (χ3n) is 3.32. The lowest BCUT2D eigenvalue weighted by Crippen LogP contribution is -2.25. The lowest BCUT2D eigenvalue weighted by Gasteiger charge is -2.20. The van der Waals surface area contributed by atoms with Crippen LogP contribution in [0.4, 0.5) is 5.69 Å². The number of carbonyl (C=O) groups is 1. The molecule has 1 aromatic rings. The molecule has 110 valence electrons. The molecule has 7 heteroatoms. The minimum Gasteiger partial charge on any atom is -0.486 e. The molecule has 2 aliphatic rings. The number of nitrogens with one attached hydrogen (secondary N) is 2. The van der Waals surface area contributed by atoms with Crippen LogP contribution in [-0.4, -0.2) is 32.2 Å². The van der Waals surface area contributed by atoms with Crippen molar-refractivity contribution in [1.82, 2.24) is 5.32 Å². The number of carbonyl (C=O) groups excluding carboxylic acids is 1. The molecule has 5 nitrogen and oxygen atoms in total. The van der Waals surface area contributed by atoms with Crippen LogP contribution in [0.25, 0.3) is 0 Å². The zero-order valence-corrected chi connectivity index (χ0v) is 12.4. The van der Waals surface area contributed by atoms with Gasteiger partial charge in [0, 0.05) is 18.7 Å². The Kier molecular flexibility index (Phi) is 4.96. The van der Waals surface area contributed by atoms with Gasteiger partial charge < -0.3 is 20.1 Å². The summed E-state index contributed by atoms with van der Waals surface area (Å²) in [6, 6.07) is 3.40. The molecule has 0 aliphatic carbocycles. The van der Waals surface area contributed by atoms with Gasteiger partial charge in [-0.05, 0) is 13.0 Å². The Balaban J connectivity index is 0.00000147. The van der Waals surface area contributed by atoms with E-state index in [0.717, 1.165) is 13.0 Å². The molecule has 2 N–H and O–H groups in total. The Hall–Kier alpha value is -1.17. The quantitative estimate of drug-likeness (QED) is 0.876. The Morgan fingerprint density at radius 3 is 2.65 bits per heavy atom. The number of halogens is 2. The van der Waals surface area contributed by atoms with Crippen molar-refractivity contribution in [2.75, 3.05) is 31.6 Å². The van der Waals surface area contributed by atoms with Gasteiger partial charge in [0.25, 0.3) is 0 Å². The third-order valence-corrected chi connectivity index (χ3v) is 3.63. The summed E-state index contributed by atoms with van der Waals surface area (Å²) in [6.45, 7) is 2.62. The molecule has 0 radical (unpaired) electrons. The highest BCUT2D eigenvalue weighted by atomic mass is 35.5. The fraction of sp³-hybridized carbons (Fsp3) is 0.462. The fourth-order valence-corrected chi connectivity index (χ4v) is 2.47. The van der Waals surface area contributed by atoms with E-state index in [1.807, 2.05) is 0 Å². The fourth-order valence-electron chi connectivity index (χ4n) is 2.27. The first-order valence-electron chi connectivity index (χ1n) is 6.35. The molecule has 1 saturated heterocycles. The molecule has 1 aromatic carbocycles. The maximum atomic E-state index is 12.1. The number of benzene rings is 1. The van der Waals surface area contributed by atoms with Gasteiger partial charge in [-0.2, -0.15) is 0 Å². The van der Waals surface area contributed by atoms with E-state index in [1.54, 1.807) is 12.1 Å². The zero-order chi connectivity index (χ0) is 13.2. The van der Waals surface area contributed by atoms with Crippen LogP contribution in [0.5, 0.6) is 11.5 Å². The van der Waals surface area contributed by atoms with Gasteiger partial charge in [0.2, 0.25) is 5.91 Å². The van der Waals surface area contributed by atoms with Crippen molar-refractivity contribution in [2.45, 2.75) is 6.42 Å². The van der Waals surface area contributed by atoms with Crippen LogP contribution < -0.4 is 20.1 Å². The first kappa shape index (κ1) is 15.2. The summed E-state index contributed by atoms with van der Waals surface area (Å²) in [5.74, 6) is 1.24. The van der Waals surface area contributed by atoms with Gasteiger partial charge in [0.05, 0.1) is 16.6 Å². The molecule has 3 rings (SSSR count). The third kappa shape index (κ3) is 3.11. The van der Waals surface area contributed by atoms with Crippen molar-refractivity contribution in [1.29, 1.82) is 0 Å². The van der Waals surface area contributed by atoms with Gasteiger partial charge in [-0.25, -0.2) is 0 Å². The first-order chi connectivity index (χ1) is 9.24. The van der Waals surface area contributed by atoms with Crippen molar-refractivity contribution in [2.24, 2.45) is 5.92 Å². The summed E-state index contributed by atoms with van der Waals surface area (Å²) in [6.07, 6.45) is 0.855. The summed E-state index contributed by atoms with van der Waals surface area (Å²) < 4.78 is 10.9. The Morgan fingerprint density at radius 2 is 2.00 bits per heavy atom. The number of ether oxygens (including phenoxy) is 2. The van der Waals surface area contributed by atoms with Crippen LogP contribution in [0.1, 0.15) is 6.42 Å². The maximum absolute atomic E-state index is 12.1. The van der Waals surface area contributed by atoms with E-state index in [0.29, 0.717) is 42.0 Å². The molecule has 2 aliphatic heterocycles. The van der Waals surface area contributed by atoms with Crippen molar-refractivity contribution >= 4 is 35.6 Å². The maximum Gasteiger partial charge on any atom is 0.228 e. The van der Waals surface area contributed by atoms with Crippen LogP contribution in [0, 0.1) is 5.92 Å². The lowest BCUT2D eigenvalue weighted by molar-refractivity contribution is -0.119. The summed E-state index contributed by atoms with van der Waals surface area (Å²) >= 11 is 6.15. The van der Waals surface area contributed by atoms with Crippen molar-refractivity contribution in [3.63, 3.8) is 0 Å². The number of fused-ring (bicyclic) bond motifs is 1. The summed E-state index contributed by atoms with van der Waals surface area (Å²) in [5, 5.41) is 6.48. The Bertz CT molecular complexity index is 505. The highest BCUT2D eigenvalue weighted by molar-refractivity contribution is 6.34. The second-order valence-electron chi connectivity index (χ2n) is 4.65. The average Bonchev–Trinajstić information content (AvgIpc) is 2.93. The van der Waals surface area contributed by atoms with Crippen molar-refractivity contribution in [3.05, 3.63) is 17.2 Å². The molecule has 0 saturated carbocycles. The second-order valence-corrected chi connectivity index (χ2v) is 5.06. The van der Waals surface area contributed by atoms with E-state index in [-0.39, 0.29) is 24.2 Å². The van der Waals surface area contributed by atoms with Gasteiger partial charge in [0.1, 0.15) is 13.2 Å². The van der Waals surface area contributed by atoms with Gasteiger partial charge in [-0.15, -0.1) is 12.4 Å². The topological polar surface area (TPSA) is 59.6 Å². The van der Waals surface area contributed by atoms with Gasteiger partial charge in [-0.3, -0.25) is 4.79 Å². The average molecular weight is 319 g/mol. The van der Waals surface area contributed by atoms with Gasteiger partial charge in [0.15, 0.2) is 11.5 Å². The first-order valence-corrected chi connectivity index (χ1v) is 6.72. The minimum absolute atomic E-state index is 0. The van der Waals surface area contributed by atoms with Crippen LogP contribution in [-0.2, 0) is 4.79 Å². The van der Waals surface area contributed by atoms with E-state index in [2.05, 4.69) is 10.6 Å². The summed E-state index contributed by atoms with van der Waals surface area (Å²) in [5.41, 5.74) is 0.572. The molecule has 1 fully saturated rings. The highest BCUT2D eigenvalue weighted by Crippen LogP contribution is 2.38. The Labute approximate surface area is 128 Å². The van der Waals surface area contributed by atoms with E-state index < -0.39 is 0 Å². The summed E-state index contributed by atoms with van der Waals surface area (Å²) in [4.78, 5) is 12.1. The van der Waals surface area contributed by atoms with Crippen molar-refractivity contribution < 1.29 is 14.3 Å². The monoisotopic (exact) mass is 318 g/mol. The second kappa shape index (κ2) is 6.52. The van der Waals surface area contributed by atoms with Gasteiger partial charge in [-0.1, -0.05) is 11.6 Å². The summed E-state index contributed by atoms with van der Waals surface area (Å²) in [7, 11) is 0. The largest absolute Gasteiger partial charge is 0.486 e. The smallest absolute Gasteiger partial charge is 0.228 e. The van der Waals surface area contributed by atoms with Gasteiger partial charge >= 0.3 is 0 Å². The SMILES string of the molecule is Cl.O=C(Nc1cc2c(cc1Cl)OCCO2)C1CCNC1.